The summed E-state index contributed by atoms with van der Waals surface area (Å²) in [5.41, 5.74) is 16.3. The summed E-state index contributed by atoms with van der Waals surface area (Å²) in [7, 11) is 0. The Morgan fingerprint density at radius 3 is 2.04 bits per heavy atom. The number of hydrogen-bond donors (Lipinski definition) is 6. The van der Waals surface area contributed by atoms with E-state index in [9.17, 15) is 24.3 Å². The number of nitrogens with two attached hydrogens (primary N) is 3. The Kier molecular flexibility index (Phi) is 12.0. The molecule has 10 heteroatoms. The second-order valence-corrected chi connectivity index (χ2v) is 6.99. The van der Waals surface area contributed by atoms with Gasteiger partial charge in [-0.25, -0.2) is 4.79 Å². The Bertz CT molecular complexity index is 512. The second-order valence-electron chi connectivity index (χ2n) is 6.99. The van der Waals surface area contributed by atoms with Crippen LogP contribution in [0.3, 0.4) is 0 Å². The minimum atomic E-state index is -1.28. The first kappa shape index (κ1) is 24.8. The molecule has 0 aliphatic heterocycles. The Morgan fingerprint density at radius 2 is 1.56 bits per heavy atom. The standard InChI is InChI=1S/C17H33N5O5/c1-10(2)9-11(19)15(24)21-12(5-3-4-8-18)16(25)22-13(17(26)27)6-7-14(20)23/h10-13H,3-9,18-19H2,1-2H3,(H2,20,23)(H,21,24)(H,22,25)(H,26,27)/t11-,12-,13-/m0/s1. The molecular weight excluding hydrogens is 354 g/mol. The molecule has 9 N–H and O–H groups in total. The fourth-order valence-electron chi connectivity index (χ4n) is 2.47. The zero-order valence-corrected chi connectivity index (χ0v) is 16.1. The predicted molar refractivity (Wildman–Crippen MR) is 100 cm³/mol. The average Bonchev–Trinajstić information content (AvgIpc) is 2.56. The molecule has 0 aromatic rings. The van der Waals surface area contributed by atoms with E-state index in [1.54, 1.807) is 0 Å². The van der Waals surface area contributed by atoms with Gasteiger partial charge in [0.15, 0.2) is 0 Å². The van der Waals surface area contributed by atoms with Gasteiger partial charge in [0.1, 0.15) is 12.1 Å². The second kappa shape index (κ2) is 13.0. The fraction of sp³-hybridized carbons (Fsp3) is 0.765. The van der Waals surface area contributed by atoms with Gasteiger partial charge in [0.2, 0.25) is 17.7 Å². The van der Waals surface area contributed by atoms with Gasteiger partial charge >= 0.3 is 5.97 Å². The summed E-state index contributed by atoms with van der Waals surface area (Å²) in [6.45, 7) is 4.29. The summed E-state index contributed by atoms with van der Waals surface area (Å²) in [6, 6.07) is -2.97. The van der Waals surface area contributed by atoms with Gasteiger partial charge < -0.3 is 32.9 Å². The van der Waals surface area contributed by atoms with Gasteiger partial charge in [-0.3, -0.25) is 14.4 Å². The SMILES string of the molecule is CC(C)C[C@H](N)C(=O)N[C@@H](CCCCN)C(=O)N[C@@H](CCC(N)=O)C(=O)O. The molecule has 3 amide bonds. The lowest BCUT2D eigenvalue weighted by Crippen LogP contribution is -2.54. The molecule has 0 saturated carbocycles. The van der Waals surface area contributed by atoms with Gasteiger partial charge in [-0.05, 0) is 44.6 Å². The number of carbonyl (C=O) groups excluding carboxylic acids is 3. The molecule has 3 atom stereocenters. The Labute approximate surface area is 159 Å². The summed E-state index contributed by atoms with van der Waals surface area (Å²) >= 11 is 0. The third-order valence-corrected chi connectivity index (χ3v) is 3.94. The van der Waals surface area contributed by atoms with Crippen LogP contribution in [0.25, 0.3) is 0 Å². The highest BCUT2D eigenvalue weighted by Crippen LogP contribution is 2.07. The maximum atomic E-state index is 12.5. The predicted octanol–water partition coefficient (Wildman–Crippen LogP) is -1.19. The number of rotatable bonds is 14. The number of nitrogens with one attached hydrogen (secondary N) is 2. The number of carboxylic acid groups (broad SMARTS) is 1. The van der Waals surface area contributed by atoms with Gasteiger partial charge in [0.25, 0.3) is 0 Å². The van der Waals surface area contributed by atoms with Crippen LogP contribution in [0.15, 0.2) is 0 Å². The molecule has 0 bridgehead atoms. The number of hydrogen-bond acceptors (Lipinski definition) is 6. The van der Waals surface area contributed by atoms with E-state index in [1.165, 1.54) is 0 Å². The van der Waals surface area contributed by atoms with Crippen molar-refractivity contribution in [2.45, 2.75) is 70.5 Å². The van der Waals surface area contributed by atoms with Crippen LogP contribution in [0.1, 0.15) is 52.4 Å². The number of unbranched alkanes of at least 4 members (excludes halogenated alkanes) is 1. The lowest BCUT2D eigenvalue weighted by atomic mass is 10.0. The minimum Gasteiger partial charge on any atom is -0.480 e. The van der Waals surface area contributed by atoms with Crippen molar-refractivity contribution in [2.75, 3.05) is 6.54 Å². The van der Waals surface area contributed by atoms with E-state index >= 15 is 0 Å². The monoisotopic (exact) mass is 387 g/mol. The molecule has 0 radical (unpaired) electrons. The van der Waals surface area contributed by atoms with Crippen molar-refractivity contribution in [1.29, 1.82) is 0 Å². The van der Waals surface area contributed by atoms with Crippen molar-refractivity contribution in [3.63, 3.8) is 0 Å². The van der Waals surface area contributed by atoms with Crippen molar-refractivity contribution < 1.29 is 24.3 Å². The van der Waals surface area contributed by atoms with Crippen molar-refractivity contribution in [3.05, 3.63) is 0 Å². The third-order valence-electron chi connectivity index (χ3n) is 3.94. The van der Waals surface area contributed by atoms with Gasteiger partial charge in [-0.15, -0.1) is 0 Å². The maximum absolute atomic E-state index is 12.5. The molecular formula is C17H33N5O5. The van der Waals surface area contributed by atoms with Gasteiger partial charge in [-0.2, -0.15) is 0 Å². The molecule has 0 rings (SSSR count). The van der Waals surface area contributed by atoms with Crippen molar-refractivity contribution in [3.8, 4) is 0 Å². The number of primary amides is 1. The topological polar surface area (TPSA) is 191 Å². The van der Waals surface area contributed by atoms with Crippen LogP contribution >= 0.6 is 0 Å². The van der Waals surface area contributed by atoms with Crippen LogP contribution in [0.5, 0.6) is 0 Å². The Hall–Kier alpha value is -2.20. The summed E-state index contributed by atoms with van der Waals surface area (Å²) in [6.07, 6.45) is 1.67. The molecule has 0 aliphatic carbocycles. The number of carboxylic acids is 1. The molecule has 0 aromatic carbocycles. The molecule has 0 saturated heterocycles. The molecule has 27 heavy (non-hydrogen) atoms. The van der Waals surface area contributed by atoms with E-state index in [4.69, 9.17) is 17.2 Å². The van der Waals surface area contributed by atoms with Crippen molar-refractivity contribution in [2.24, 2.45) is 23.1 Å². The first-order valence-corrected chi connectivity index (χ1v) is 9.15. The van der Waals surface area contributed by atoms with Crippen LogP contribution in [0.4, 0.5) is 0 Å². The number of amides is 3. The van der Waals surface area contributed by atoms with Gasteiger partial charge in [0.05, 0.1) is 6.04 Å². The molecule has 0 fully saturated rings. The van der Waals surface area contributed by atoms with Crippen LogP contribution in [0, 0.1) is 5.92 Å². The molecule has 0 heterocycles. The first-order chi connectivity index (χ1) is 12.6. The molecule has 0 aromatic heterocycles. The summed E-state index contributed by atoms with van der Waals surface area (Å²) < 4.78 is 0. The highest BCUT2D eigenvalue weighted by Gasteiger charge is 2.28. The van der Waals surface area contributed by atoms with Gasteiger partial charge in [-0.1, -0.05) is 13.8 Å². The molecule has 10 nitrogen and oxygen atoms in total. The highest BCUT2D eigenvalue weighted by molar-refractivity contribution is 5.91. The van der Waals surface area contributed by atoms with Gasteiger partial charge in [0, 0.05) is 6.42 Å². The number of aliphatic carboxylic acids is 1. The molecule has 0 spiro atoms. The highest BCUT2D eigenvalue weighted by atomic mass is 16.4. The Balaban J connectivity index is 5.01. The summed E-state index contributed by atoms with van der Waals surface area (Å²) in [4.78, 5) is 46.9. The Morgan fingerprint density at radius 1 is 0.963 bits per heavy atom. The molecule has 0 aliphatic rings. The van der Waals surface area contributed by atoms with Crippen LogP contribution in [0.2, 0.25) is 0 Å². The van der Waals surface area contributed by atoms with Crippen molar-refractivity contribution in [1.82, 2.24) is 10.6 Å². The summed E-state index contributed by atoms with van der Waals surface area (Å²) in [5, 5.41) is 14.1. The summed E-state index contributed by atoms with van der Waals surface area (Å²) in [5.74, 6) is -2.86. The van der Waals surface area contributed by atoms with E-state index in [0.717, 1.165) is 0 Å². The van der Waals surface area contributed by atoms with E-state index in [-0.39, 0.29) is 18.8 Å². The maximum Gasteiger partial charge on any atom is 0.326 e. The fourth-order valence-corrected chi connectivity index (χ4v) is 2.47. The third kappa shape index (κ3) is 11.2. The largest absolute Gasteiger partial charge is 0.480 e. The molecule has 156 valence electrons. The van der Waals surface area contributed by atoms with E-state index in [1.807, 2.05) is 13.8 Å². The smallest absolute Gasteiger partial charge is 0.326 e. The van der Waals surface area contributed by atoms with Crippen LogP contribution in [-0.4, -0.2) is 53.5 Å². The first-order valence-electron chi connectivity index (χ1n) is 9.15. The minimum absolute atomic E-state index is 0.132. The zero-order chi connectivity index (χ0) is 21.0. The lowest BCUT2D eigenvalue weighted by molar-refractivity contribution is -0.142. The van der Waals surface area contributed by atoms with Crippen molar-refractivity contribution >= 4 is 23.7 Å². The van der Waals surface area contributed by atoms with E-state index in [0.29, 0.717) is 32.2 Å². The van der Waals surface area contributed by atoms with E-state index in [2.05, 4.69) is 10.6 Å². The molecule has 0 unspecified atom stereocenters. The average molecular weight is 387 g/mol. The quantitative estimate of drug-likeness (QED) is 0.202. The zero-order valence-electron chi connectivity index (χ0n) is 16.1. The van der Waals surface area contributed by atoms with Crippen LogP contribution < -0.4 is 27.8 Å². The normalized spacial score (nSPS) is 14.3. The lowest BCUT2D eigenvalue weighted by Gasteiger charge is -2.23. The number of carbonyl (C=O) groups is 4. The van der Waals surface area contributed by atoms with E-state index < -0.39 is 41.8 Å². The van der Waals surface area contributed by atoms with Crippen LogP contribution in [-0.2, 0) is 19.2 Å².